The molecule has 8 nitrogen and oxygen atoms in total. The maximum Gasteiger partial charge on any atom is 0.276 e. The highest BCUT2D eigenvalue weighted by Gasteiger charge is 2.38. The highest BCUT2D eigenvalue weighted by atomic mass is 16.3. The van der Waals surface area contributed by atoms with Crippen molar-refractivity contribution in [3.63, 3.8) is 0 Å². The van der Waals surface area contributed by atoms with E-state index in [1.165, 1.54) is 11.6 Å². The Balaban J connectivity index is 1.71. The molecule has 1 saturated carbocycles. The van der Waals surface area contributed by atoms with Crippen LogP contribution in [-0.4, -0.2) is 42.5 Å². The predicted octanol–water partition coefficient (Wildman–Crippen LogP) is 2.37. The highest BCUT2D eigenvalue weighted by molar-refractivity contribution is 5.92. The normalized spacial score (nSPS) is 16.0. The lowest BCUT2D eigenvalue weighted by Gasteiger charge is -2.32. The maximum absolute atomic E-state index is 12.6. The molecule has 0 saturated heterocycles. The molecule has 3 heterocycles. The van der Waals surface area contributed by atoms with Crippen LogP contribution in [0.2, 0.25) is 0 Å². The summed E-state index contributed by atoms with van der Waals surface area (Å²) in [5.41, 5.74) is 0.460. The van der Waals surface area contributed by atoms with E-state index >= 15 is 0 Å². The van der Waals surface area contributed by atoms with E-state index in [9.17, 15) is 14.7 Å². The van der Waals surface area contributed by atoms with Crippen LogP contribution >= 0.6 is 0 Å². The zero-order valence-electron chi connectivity index (χ0n) is 18.3. The number of aliphatic hydroxyl groups excluding tert-OH is 1. The van der Waals surface area contributed by atoms with E-state index in [4.69, 9.17) is 0 Å². The average molecular weight is 424 g/mol. The lowest BCUT2D eigenvalue weighted by molar-refractivity contribution is 0.0859. The van der Waals surface area contributed by atoms with E-state index in [1.54, 1.807) is 24.7 Å². The average Bonchev–Trinajstić information content (AvgIpc) is 3.35. The zero-order valence-corrected chi connectivity index (χ0v) is 18.3. The SMILES string of the molecule is Cc1cn(C2(Cn3ccc(=O)c(C(=O)NC(C)(C)CO)n3)CCCC2)c2ncccc12. The molecule has 0 radical (unpaired) electrons. The van der Waals surface area contributed by atoms with Gasteiger partial charge in [0.05, 0.1) is 24.2 Å². The van der Waals surface area contributed by atoms with Gasteiger partial charge in [-0.1, -0.05) is 12.8 Å². The smallest absolute Gasteiger partial charge is 0.276 e. The van der Waals surface area contributed by atoms with Crippen LogP contribution in [0, 0.1) is 6.92 Å². The third kappa shape index (κ3) is 3.99. The van der Waals surface area contributed by atoms with E-state index in [0.717, 1.165) is 36.7 Å². The Morgan fingerprint density at radius 2 is 2.03 bits per heavy atom. The quantitative estimate of drug-likeness (QED) is 0.634. The zero-order chi connectivity index (χ0) is 22.2. The topological polar surface area (TPSA) is 102 Å². The minimum atomic E-state index is -0.841. The summed E-state index contributed by atoms with van der Waals surface area (Å²) in [6.45, 7) is 5.76. The molecule has 0 spiro atoms. The number of hydrogen-bond acceptors (Lipinski definition) is 5. The second-order valence-corrected chi connectivity index (χ2v) is 9.21. The van der Waals surface area contributed by atoms with Gasteiger partial charge in [-0.25, -0.2) is 4.98 Å². The first-order valence-electron chi connectivity index (χ1n) is 10.7. The molecule has 1 amide bonds. The fourth-order valence-corrected chi connectivity index (χ4v) is 4.49. The van der Waals surface area contributed by atoms with Gasteiger partial charge in [-0.2, -0.15) is 5.10 Å². The highest BCUT2D eigenvalue weighted by Crippen LogP contribution is 2.40. The summed E-state index contributed by atoms with van der Waals surface area (Å²) in [7, 11) is 0. The first kappa shape index (κ1) is 21.2. The largest absolute Gasteiger partial charge is 0.394 e. The van der Waals surface area contributed by atoms with Crippen molar-refractivity contribution >= 4 is 16.9 Å². The van der Waals surface area contributed by atoms with E-state index in [0.29, 0.717) is 6.54 Å². The number of aliphatic hydroxyl groups is 1. The van der Waals surface area contributed by atoms with Crippen LogP contribution in [0.1, 0.15) is 55.6 Å². The summed E-state index contributed by atoms with van der Waals surface area (Å²) >= 11 is 0. The van der Waals surface area contributed by atoms with Crippen LogP contribution in [0.4, 0.5) is 0 Å². The van der Waals surface area contributed by atoms with E-state index in [-0.39, 0.29) is 17.8 Å². The molecule has 31 heavy (non-hydrogen) atoms. The lowest BCUT2D eigenvalue weighted by atomic mass is 9.97. The van der Waals surface area contributed by atoms with Crippen molar-refractivity contribution in [2.75, 3.05) is 6.61 Å². The van der Waals surface area contributed by atoms with Crippen LogP contribution in [0.5, 0.6) is 0 Å². The summed E-state index contributed by atoms with van der Waals surface area (Å²) in [4.78, 5) is 29.6. The van der Waals surface area contributed by atoms with Crippen molar-refractivity contribution in [1.82, 2.24) is 24.6 Å². The Labute approximate surface area is 180 Å². The van der Waals surface area contributed by atoms with Gasteiger partial charge in [-0.15, -0.1) is 0 Å². The molecule has 0 bridgehead atoms. The van der Waals surface area contributed by atoms with Crippen LogP contribution in [-0.2, 0) is 12.1 Å². The number of pyridine rings is 1. The molecule has 8 heteroatoms. The van der Waals surface area contributed by atoms with Crippen molar-refractivity contribution in [3.8, 4) is 0 Å². The van der Waals surface area contributed by atoms with Crippen molar-refractivity contribution in [3.05, 3.63) is 58.3 Å². The summed E-state index contributed by atoms with van der Waals surface area (Å²) in [6.07, 6.45) is 9.75. The van der Waals surface area contributed by atoms with Gasteiger partial charge in [0.25, 0.3) is 5.91 Å². The van der Waals surface area contributed by atoms with Crippen LogP contribution in [0.25, 0.3) is 11.0 Å². The number of aromatic nitrogens is 4. The molecule has 1 fully saturated rings. The van der Waals surface area contributed by atoms with Gasteiger partial charge in [-0.3, -0.25) is 14.3 Å². The first-order chi connectivity index (χ1) is 14.7. The molecule has 164 valence electrons. The standard InChI is InChI=1S/C23H29N5O3/c1-16-13-28(20-17(16)7-6-11-24-20)23(9-4-5-10-23)14-27-12-8-18(30)19(26-27)21(31)25-22(2,3)15-29/h6-8,11-13,29H,4-5,9-10,14-15H2,1-3H3,(H,25,31). The monoisotopic (exact) mass is 423 g/mol. The molecule has 4 rings (SSSR count). The third-order valence-electron chi connectivity index (χ3n) is 6.19. The van der Waals surface area contributed by atoms with E-state index in [1.807, 2.05) is 12.3 Å². The summed E-state index contributed by atoms with van der Waals surface area (Å²) in [6, 6.07) is 5.41. The number of nitrogens with one attached hydrogen (secondary N) is 1. The Morgan fingerprint density at radius 3 is 2.74 bits per heavy atom. The summed E-state index contributed by atoms with van der Waals surface area (Å²) in [5, 5.41) is 17.6. The van der Waals surface area contributed by atoms with Gasteiger partial charge >= 0.3 is 0 Å². The number of carbonyl (C=O) groups is 1. The van der Waals surface area contributed by atoms with Crippen molar-refractivity contribution in [2.45, 2.75) is 64.1 Å². The molecular formula is C23H29N5O3. The minimum absolute atomic E-state index is 0.163. The number of rotatable bonds is 6. The van der Waals surface area contributed by atoms with Crippen LogP contribution in [0.15, 0.2) is 41.6 Å². The van der Waals surface area contributed by atoms with Crippen LogP contribution in [0.3, 0.4) is 0 Å². The number of hydrogen-bond donors (Lipinski definition) is 2. The van der Waals surface area contributed by atoms with Crippen molar-refractivity contribution < 1.29 is 9.90 Å². The van der Waals surface area contributed by atoms with Gasteiger partial charge in [0.2, 0.25) is 5.43 Å². The number of nitrogens with zero attached hydrogens (tertiary/aromatic N) is 4. The van der Waals surface area contributed by atoms with E-state index < -0.39 is 16.9 Å². The van der Waals surface area contributed by atoms with Gasteiger partial charge in [-0.05, 0) is 51.3 Å². The third-order valence-corrected chi connectivity index (χ3v) is 6.19. The molecule has 0 aliphatic heterocycles. The number of amides is 1. The fourth-order valence-electron chi connectivity index (χ4n) is 4.49. The first-order valence-corrected chi connectivity index (χ1v) is 10.7. The molecule has 2 N–H and O–H groups in total. The van der Waals surface area contributed by atoms with Gasteiger partial charge in [0, 0.05) is 30.0 Å². The molecule has 1 aliphatic rings. The van der Waals surface area contributed by atoms with Crippen LogP contribution < -0.4 is 10.7 Å². The van der Waals surface area contributed by atoms with Gasteiger partial charge < -0.3 is 15.0 Å². The summed E-state index contributed by atoms with van der Waals surface area (Å²) in [5.74, 6) is -0.581. The molecule has 0 unspecified atom stereocenters. The minimum Gasteiger partial charge on any atom is -0.394 e. The van der Waals surface area contributed by atoms with Gasteiger partial charge in [0.15, 0.2) is 5.69 Å². The lowest BCUT2D eigenvalue weighted by Crippen LogP contribution is -2.48. The molecule has 0 atom stereocenters. The Hall–Kier alpha value is -3.00. The molecular weight excluding hydrogens is 394 g/mol. The van der Waals surface area contributed by atoms with Gasteiger partial charge in [0.1, 0.15) is 5.65 Å². The Kier molecular flexibility index (Phi) is 5.43. The van der Waals surface area contributed by atoms with Crippen molar-refractivity contribution in [2.24, 2.45) is 0 Å². The Bertz CT molecular complexity index is 1170. The predicted molar refractivity (Wildman–Crippen MR) is 118 cm³/mol. The second kappa shape index (κ2) is 7.92. The fraction of sp³-hybridized carbons (Fsp3) is 0.478. The Morgan fingerprint density at radius 1 is 1.29 bits per heavy atom. The summed E-state index contributed by atoms with van der Waals surface area (Å²) < 4.78 is 3.96. The molecule has 1 aliphatic carbocycles. The number of aryl methyl sites for hydroxylation is 1. The molecule has 3 aromatic heterocycles. The second-order valence-electron chi connectivity index (χ2n) is 9.21. The molecule has 3 aromatic rings. The molecule has 0 aromatic carbocycles. The van der Waals surface area contributed by atoms with Crippen molar-refractivity contribution in [1.29, 1.82) is 0 Å². The van der Waals surface area contributed by atoms with E-state index in [2.05, 4.69) is 39.2 Å². The number of fused-ring (bicyclic) bond motifs is 1. The number of carbonyl (C=O) groups excluding carboxylic acids is 1. The maximum atomic E-state index is 12.6.